The smallest absolute Gasteiger partial charge is 0.302 e. The molecule has 6 heteroatoms. The molecular formula is C19H24INO4. The Morgan fingerprint density at radius 3 is 2.28 bits per heavy atom. The molecule has 0 aliphatic heterocycles. The zero-order chi connectivity index (χ0) is 17.9. The Bertz CT molecular complexity index is 768. The molecule has 2 aromatic carbocycles. The van der Waals surface area contributed by atoms with E-state index in [0.717, 1.165) is 16.3 Å². The van der Waals surface area contributed by atoms with Gasteiger partial charge in [0.25, 0.3) is 0 Å². The molecule has 0 aliphatic rings. The molecule has 0 saturated carbocycles. The number of rotatable bonds is 6. The van der Waals surface area contributed by atoms with Gasteiger partial charge in [0, 0.05) is 12.5 Å². The molecule has 0 aliphatic carbocycles. The SMILES string of the molecule is CC(=O)OCc1ccc2cc(C(=O)C(O)C[N+](C)(C)C)ccc2c1.[I-]. The Balaban J connectivity index is 0.00000312. The average molecular weight is 457 g/mol. The van der Waals surface area contributed by atoms with Crippen molar-refractivity contribution in [2.24, 2.45) is 0 Å². The molecule has 1 unspecified atom stereocenters. The third-order valence-electron chi connectivity index (χ3n) is 3.65. The average Bonchev–Trinajstić information content (AvgIpc) is 2.49. The number of esters is 1. The molecule has 0 saturated heterocycles. The Labute approximate surface area is 165 Å². The standard InChI is InChI=1S/C19H24NO4.HI/c1-13(21)24-12-14-5-6-16-10-17(8-7-15(16)9-14)19(23)18(22)11-20(2,3)4;/h5-10,18,22H,11-12H2,1-4H3;1H/q+1;/p-1. The maximum absolute atomic E-state index is 12.4. The molecule has 0 fully saturated rings. The van der Waals surface area contributed by atoms with Crippen molar-refractivity contribution in [2.75, 3.05) is 27.7 Å². The van der Waals surface area contributed by atoms with Crippen molar-refractivity contribution in [2.45, 2.75) is 19.6 Å². The molecule has 2 aromatic rings. The van der Waals surface area contributed by atoms with Gasteiger partial charge in [-0.1, -0.05) is 24.3 Å². The fraction of sp³-hybridized carbons (Fsp3) is 0.368. The second-order valence-corrected chi connectivity index (χ2v) is 7.03. The van der Waals surface area contributed by atoms with Gasteiger partial charge in [-0.05, 0) is 28.5 Å². The second kappa shape index (κ2) is 8.73. The van der Waals surface area contributed by atoms with E-state index in [1.165, 1.54) is 6.92 Å². The van der Waals surface area contributed by atoms with E-state index in [1.54, 1.807) is 12.1 Å². The lowest BCUT2D eigenvalue weighted by atomic mass is 10.00. The van der Waals surface area contributed by atoms with E-state index in [1.807, 2.05) is 45.4 Å². The summed E-state index contributed by atoms with van der Waals surface area (Å²) in [4.78, 5) is 23.3. The summed E-state index contributed by atoms with van der Waals surface area (Å²) in [7, 11) is 5.80. The van der Waals surface area contributed by atoms with Crippen molar-refractivity contribution in [3.63, 3.8) is 0 Å². The summed E-state index contributed by atoms with van der Waals surface area (Å²) < 4.78 is 5.50. The summed E-state index contributed by atoms with van der Waals surface area (Å²) >= 11 is 0. The van der Waals surface area contributed by atoms with Crippen LogP contribution in [0, 0.1) is 0 Å². The number of fused-ring (bicyclic) bond motifs is 1. The van der Waals surface area contributed by atoms with Crippen molar-refractivity contribution in [3.05, 3.63) is 47.5 Å². The number of Topliss-reactive ketones (excluding diaryl/α,β-unsaturated/α-hetero) is 1. The molecule has 0 bridgehead atoms. The van der Waals surface area contributed by atoms with Crippen LogP contribution in [0.3, 0.4) is 0 Å². The highest BCUT2D eigenvalue weighted by Gasteiger charge is 2.23. The summed E-state index contributed by atoms with van der Waals surface area (Å²) in [5.41, 5.74) is 1.39. The molecule has 0 spiro atoms. The first kappa shape index (κ1) is 21.5. The number of ether oxygens (including phenoxy) is 1. The number of aliphatic hydroxyl groups is 1. The van der Waals surface area contributed by atoms with Gasteiger partial charge in [-0.25, -0.2) is 0 Å². The van der Waals surface area contributed by atoms with Gasteiger partial charge in [-0.2, -0.15) is 0 Å². The highest BCUT2D eigenvalue weighted by Crippen LogP contribution is 2.20. The van der Waals surface area contributed by atoms with Gasteiger partial charge < -0.3 is 38.3 Å². The Morgan fingerprint density at radius 2 is 1.68 bits per heavy atom. The Hall–Kier alpha value is -1.51. The summed E-state index contributed by atoms with van der Waals surface area (Å²) in [5, 5.41) is 12.0. The van der Waals surface area contributed by atoms with E-state index < -0.39 is 6.10 Å². The van der Waals surface area contributed by atoms with E-state index >= 15 is 0 Å². The zero-order valence-corrected chi connectivity index (χ0v) is 17.1. The van der Waals surface area contributed by atoms with E-state index in [4.69, 9.17) is 4.74 Å². The van der Waals surface area contributed by atoms with Crippen LogP contribution in [0.4, 0.5) is 0 Å². The van der Waals surface area contributed by atoms with Crippen LogP contribution < -0.4 is 24.0 Å². The first-order valence-corrected chi connectivity index (χ1v) is 7.84. The van der Waals surface area contributed by atoms with Crippen molar-refractivity contribution in [1.82, 2.24) is 0 Å². The molecule has 136 valence electrons. The van der Waals surface area contributed by atoms with Crippen LogP contribution in [-0.4, -0.2) is 55.1 Å². The first-order chi connectivity index (χ1) is 11.2. The lowest BCUT2D eigenvalue weighted by Gasteiger charge is -2.26. The van der Waals surface area contributed by atoms with Crippen LogP contribution in [0.2, 0.25) is 0 Å². The van der Waals surface area contributed by atoms with Crippen LogP contribution in [0.15, 0.2) is 36.4 Å². The van der Waals surface area contributed by atoms with Gasteiger partial charge in [-0.15, -0.1) is 0 Å². The van der Waals surface area contributed by atoms with Crippen molar-refractivity contribution in [1.29, 1.82) is 0 Å². The van der Waals surface area contributed by atoms with E-state index in [-0.39, 0.29) is 42.3 Å². The van der Waals surface area contributed by atoms with Crippen LogP contribution >= 0.6 is 0 Å². The Kier molecular flexibility index (Phi) is 7.52. The zero-order valence-electron chi connectivity index (χ0n) is 15.0. The predicted octanol–water partition coefficient (Wildman–Crippen LogP) is -0.843. The summed E-state index contributed by atoms with van der Waals surface area (Å²) in [6, 6.07) is 11.0. The van der Waals surface area contributed by atoms with Gasteiger partial charge in [0.05, 0.1) is 21.1 Å². The maximum atomic E-state index is 12.4. The molecule has 0 heterocycles. The fourth-order valence-electron chi connectivity index (χ4n) is 2.52. The molecule has 0 aromatic heterocycles. The lowest BCUT2D eigenvalue weighted by molar-refractivity contribution is -0.872. The topological polar surface area (TPSA) is 63.6 Å². The number of carbonyl (C=O) groups is 2. The predicted molar refractivity (Wildman–Crippen MR) is 92.7 cm³/mol. The van der Waals surface area contributed by atoms with Gasteiger partial charge in [-0.3, -0.25) is 9.59 Å². The lowest BCUT2D eigenvalue weighted by Crippen LogP contribution is -3.00. The number of carbonyl (C=O) groups excluding carboxylic acids is 2. The first-order valence-electron chi connectivity index (χ1n) is 7.84. The van der Waals surface area contributed by atoms with E-state index in [9.17, 15) is 14.7 Å². The number of benzene rings is 2. The maximum Gasteiger partial charge on any atom is 0.302 e. The second-order valence-electron chi connectivity index (χ2n) is 7.03. The van der Waals surface area contributed by atoms with Crippen LogP contribution in [0.1, 0.15) is 22.8 Å². The number of ketones is 1. The third-order valence-corrected chi connectivity index (χ3v) is 3.65. The number of likely N-dealkylation sites (N-methyl/N-ethyl adjacent to an activating group) is 1. The number of aliphatic hydroxyl groups excluding tert-OH is 1. The number of quaternary nitrogens is 1. The van der Waals surface area contributed by atoms with Gasteiger partial charge in [0.1, 0.15) is 13.2 Å². The minimum atomic E-state index is -1.02. The molecule has 0 radical (unpaired) electrons. The molecule has 1 N–H and O–H groups in total. The minimum absolute atomic E-state index is 0. The normalized spacial score (nSPS) is 12.4. The minimum Gasteiger partial charge on any atom is -1.00 e. The van der Waals surface area contributed by atoms with E-state index in [2.05, 4.69) is 0 Å². The third kappa shape index (κ3) is 6.37. The summed E-state index contributed by atoms with van der Waals surface area (Å²) in [5.74, 6) is -0.587. The fourth-order valence-corrected chi connectivity index (χ4v) is 2.52. The monoisotopic (exact) mass is 457 g/mol. The molecule has 0 amide bonds. The van der Waals surface area contributed by atoms with Crippen molar-refractivity contribution in [3.8, 4) is 0 Å². The van der Waals surface area contributed by atoms with Gasteiger partial charge in [0.15, 0.2) is 11.9 Å². The Morgan fingerprint density at radius 1 is 1.08 bits per heavy atom. The summed E-state index contributed by atoms with van der Waals surface area (Å²) in [6.45, 7) is 1.97. The number of hydrogen-bond acceptors (Lipinski definition) is 4. The number of nitrogens with zero attached hydrogens (tertiary/aromatic N) is 1. The van der Waals surface area contributed by atoms with Gasteiger partial charge >= 0.3 is 5.97 Å². The van der Waals surface area contributed by atoms with Crippen molar-refractivity contribution < 1.29 is 47.9 Å². The molecule has 5 nitrogen and oxygen atoms in total. The van der Waals surface area contributed by atoms with Crippen molar-refractivity contribution >= 4 is 22.5 Å². The molecule has 25 heavy (non-hydrogen) atoms. The molecule has 1 atom stereocenters. The number of hydrogen-bond donors (Lipinski definition) is 1. The van der Waals surface area contributed by atoms with Crippen LogP contribution in [0.25, 0.3) is 10.8 Å². The quantitative estimate of drug-likeness (QED) is 0.266. The molecule has 2 rings (SSSR count). The van der Waals surface area contributed by atoms with Crippen LogP contribution in [0.5, 0.6) is 0 Å². The highest BCUT2D eigenvalue weighted by atomic mass is 127. The molecular weight excluding hydrogens is 433 g/mol. The largest absolute Gasteiger partial charge is 1.00 e. The van der Waals surface area contributed by atoms with Gasteiger partial charge in [0.2, 0.25) is 0 Å². The van der Waals surface area contributed by atoms with E-state index in [0.29, 0.717) is 16.6 Å². The summed E-state index contributed by atoms with van der Waals surface area (Å²) in [6.07, 6.45) is -1.02. The van der Waals surface area contributed by atoms with Crippen LogP contribution in [-0.2, 0) is 16.1 Å². The number of halogens is 1. The highest BCUT2D eigenvalue weighted by molar-refractivity contribution is 6.02.